The number of hydrogen-bond acceptors (Lipinski definition) is 3. The number of ether oxygens (including phenoxy) is 1. The van der Waals surface area contributed by atoms with Gasteiger partial charge in [0.15, 0.2) is 0 Å². The molecule has 5 nitrogen and oxygen atoms in total. The van der Waals surface area contributed by atoms with Crippen LogP contribution in [-0.4, -0.2) is 25.0 Å². The summed E-state index contributed by atoms with van der Waals surface area (Å²) in [7, 11) is 1.60. The fourth-order valence-corrected chi connectivity index (χ4v) is 3.24. The van der Waals surface area contributed by atoms with E-state index >= 15 is 0 Å². The lowest BCUT2D eigenvalue weighted by Gasteiger charge is -2.22. The molecule has 0 aliphatic carbocycles. The average Bonchev–Trinajstić information content (AvgIpc) is 2.82. The van der Waals surface area contributed by atoms with Crippen molar-refractivity contribution in [3.8, 4) is 5.75 Å². The highest BCUT2D eigenvalue weighted by Crippen LogP contribution is 2.22. The molecule has 2 atom stereocenters. The highest BCUT2D eigenvalue weighted by molar-refractivity contribution is 5.95. The molecule has 2 unspecified atom stereocenters. The molecule has 0 bridgehead atoms. The van der Waals surface area contributed by atoms with Gasteiger partial charge >= 0.3 is 0 Å². The summed E-state index contributed by atoms with van der Waals surface area (Å²) < 4.78 is 5.13. The summed E-state index contributed by atoms with van der Waals surface area (Å²) in [6, 6.07) is 24.2. The van der Waals surface area contributed by atoms with Gasteiger partial charge in [0.1, 0.15) is 11.8 Å². The lowest BCUT2D eigenvalue weighted by atomic mass is 9.97. The van der Waals surface area contributed by atoms with Gasteiger partial charge in [0.25, 0.3) is 0 Å². The van der Waals surface area contributed by atoms with Crippen molar-refractivity contribution in [1.29, 1.82) is 0 Å². The van der Waals surface area contributed by atoms with Gasteiger partial charge in [-0.1, -0.05) is 72.3 Å². The number of rotatable bonds is 8. The quantitative estimate of drug-likeness (QED) is 0.522. The predicted octanol–water partition coefficient (Wildman–Crippen LogP) is 4.43. The highest BCUT2D eigenvalue weighted by Gasteiger charge is 2.21. The van der Waals surface area contributed by atoms with Crippen molar-refractivity contribution in [3.05, 3.63) is 107 Å². The topological polar surface area (TPSA) is 67.4 Å². The number of amides is 2. The number of methoxy groups -OCH3 is 1. The van der Waals surface area contributed by atoms with Gasteiger partial charge in [0.2, 0.25) is 11.8 Å². The van der Waals surface area contributed by atoms with Crippen LogP contribution in [0.2, 0.25) is 0 Å². The van der Waals surface area contributed by atoms with Crippen molar-refractivity contribution in [2.75, 3.05) is 7.11 Å². The molecule has 0 heterocycles. The third-order valence-electron chi connectivity index (χ3n) is 5.13. The monoisotopic (exact) mass is 428 g/mol. The second-order valence-corrected chi connectivity index (χ2v) is 7.60. The number of aryl methyl sites for hydroxylation is 1. The Bertz CT molecular complexity index is 1060. The second kappa shape index (κ2) is 11.0. The molecule has 164 valence electrons. The van der Waals surface area contributed by atoms with Gasteiger partial charge < -0.3 is 15.4 Å². The van der Waals surface area contributed by atoms with Crippen molar-refractivity contribution in [1.82, 2.24) is 10.6 Å². The summed E-state index contributed by atoms with van der Waals surface area (Å²) in [5.41, 5.74) is 3.97. The van der Waals surface area contributed by atoms with Crippen LogP contribution in [0.5, 0.6) is 5.75 Å². The van der Waals surface area contributed by atoms with Crippen molar-refractivity contribution in [2.45, 2.75) is 25.9 Å². The first-order valence-corrected chi connectivity index (χ1v) is 10.5. The fourth-order valence-electron chi connectivity index (χ4n) is 3.24. The molecule has 0 saturated carbocycles. The molecule has 0 saturated heterocycles. The molecule has 0 fully saturated rings. The summed E-state index contributed by atoms with van der Waals surface area (Å²) in [6.45, 7) is 3.70. The van der Waals surface area contributed by atoms with E-state index in [2.05, 4.69) is 10.6 Å². The SMILES string of the molecule is COc1ccc(/C=C/C(=O)NC(C)C(=O)NC(c2ccccc2)c2ccc(C)cc2)cc1. The van der Waals surface area contributed by atoms with Gasteiger partial charge in [0, 0.05) is 6.08 Å². The Balaban J connectivity index is 1.65. The number of carbonyl (C=O) groups excluding carboxylic acids is 2. The Labute approximate surface area is 189 Å². The molecular weight excluding hydrogens is 400 g/mol. The van der Waals surface area contributed by atoms with Gasteiger partial charge in [-0.25, -0.2) is 0 Å². The van der Waals surface area contributed by atoms with Crippen molar-refractivity contribution < 1.29 is 14.3 Å². The summed E-state index contributed by atoms with van der Waals surface area (Å²) in [5, 5.41) is 5.80. The zero-order valence-corrected chi connectivity index (χ0v) is 18.5. The molecule has 0 aromatic heterocycles. The van der Waals surface area contributed by atoms with Crippen LogP contribution in [-0.2, 0) is 9.59 Å². The molecule has 3 rings (SSSR count). The Hall–Kier alpha value is -3.86. The molecule has 32 heavy (non-hydrogen) atoms. The standard InChI is InChI=1S/C27H28N2O3/c1-19-9-14-23(15-10-19)26(22-7-5-4-6-8-22)29-27(31)20(2)28-25(30)18-13-21-11-16-24(32-3)17-12-21/h4-18,20,26H,1-3H3,(H,28,30)(H,29,31)/b18-13+. The van der Waals surface area contributed by atoms with E-state index in [4.69, 9.17) is 4.74 Å². The molecule has 3 aromatic carbocycles. The Morgan fingerprint density at radius 1 is 0.844 bits per heavy atom. The summed E-state index contributed by atoms with van der Waals surface area (Å²) in [4.78, 5) is 25.2. The maximum Gasteiger partial charge on any atom is 0.244 e. The Kier molecular flexibility index (Phi) is 7.81. The number of hydrogen-bond donors (Lipinski definition) is 2. The first kappa shape index (κ1) is 22.8. The number of carbonyl (C=O) groups is 2. The normalized spacial score (nSPS) is 12.7. The molecule has 0 aliphatic heterocycles. The highest BCUT2D eigenvalue weighted by atomic mass is 16.5. The lowest BCUT2D eigenvalue weighted by molar-refractivity contribution is -0.127. The maximum atomic E-state index is 12.9. The van der Waals surface area contributed by atoms with Gasteiger partial charge in [-0.2, -0.15) is 0 Å². The molecule has 3 aromatic rings. The van der Waals surface area contributed by atoms with E-state index in [1.807, 2.05) is 85.8 Å². The van der Waals surface area contributed by atoms with Crippen LogP contribution in [0.15, 0.2) is 84.9 Å². The van der Waals surface area contributed by atoms with Crippen LogP contribution in [0.1, 0.15) is 35.2 Å². The summed E-state index contributed by atoms with van der Waals surface area (Å²) in [6.07, 6.45) is 3.11. The van der Waals surface area contributed by atoms with E-state index in [1.165, 1.54) is 6.08 Å². The van der Waals surface area contributed by atoms with Gasteiger partial charge in [-0.05, 0) is 48.7 Å². The van der Waals surface area contributed by atoms with Crippen molar-refractivity contribution >= 4 is 17.9 Å². The minimum atomic E-state index is -0.695. The van der Waals surface area contributed by atoms with Crippen LogP contribution in [0, 0.1) is 6.92 Å². The smallest absolute Gasteiger partial charge is 0.244 e. The first-order valence-electron chi connectivity index (χ1n) is 10.5. The zero-order valence-electron chi connectivity index (χ0n) is 18.5. The molecule has 2 amide bonds. The van der Waals surface area contributed by atoms with Crippen LogP contribution < -0.4 is 15.4 Å². The second-order valence-electron chi connectivity index (χ2n) is 7.60. The van der Waals surface area contributed by atoms with E-state index in [-0.39, 0.29) is 17.9 Å². The molecule has 0 radical (unpaired) electrons. The summed E-state index contributed by atoms with van der Waals surface area (Å²) in [5.74, 6) is 0.152. The van der Waals surface area contributed by atoms with E-state index in [9.17, 15) is 9.59 Å². The van der Waals surface area contributed by atoms with E-state index in [1.54, 1.807) is 20.1 Å². The summed E-state index contributed by atoms with van der Waals surface area (Å²) >= 11 is 0. The van der Waals surface area contributed by atoms with Gasteiger partial charge in [-0.3, -0.25) is 9.59 Å². The third kappa shape index (κ3) is 6.32. The molecule has 0 aliphatic rings. The number of benzene rings is 3. The predicted molar refractivity (Wildman–Crippen MR) is 127 cm³/mol. The van der Waals surface area contributed by atoms with E-state index < -0.39 is 6.04 Å². The van der Waals surface area contributed by atoms with Crippen LogP contribution >= 0.6 is 0 Å². The molecular formula is C27H28N2O3. The van der Waals surface area contributed by atoms with Gasteiger partial charge in [-0.15, -0.1) is 0 Å². The van der Waals surface area contributed by atoms with E-state index in [0.29, 0.717) is 0 Å². The Morgan fingerprint density at radius 2 is 1.47 bits per heavy atom. The largest absolute Gasteiger partial charge is 0.497 e. The maximum absolute atomic E-state index is 12.9. The fraction of sp³-hybridized carbons (Fsp3) is 0.185. The minimum absolute atomic E-state index is 0.259. The van der Waals surface area contributed by atoms with Crippen molar-refractivity contribution in [3.63, 3.8) is 0 Å². The van der Waals surface area contributed by atoms with Gasteiger partial charge in [0.05, 0.1) is 13.2 Å². The molecule has 5 heteroatoms. The molecule has 0 spiro atoms. The molecule has 2 N–H and O–H groups in total. The van der Waals surface area contributed by atoms with Crippen LogP contribution in [0.4, 0.5) is 0 Å². The van der Waals surface area contributed by atoms with Crippen molar-refractivity contribution in [2.24, 2.45) is 0 Å². The number of nitrogens with one attached hydrogen (secondary N) is 2. The Morgan fingerprint density at radius 3 is 2.09 bits per heavy atom. The first-order chi connectivity index (χ1) is 15.5. The minimum Gasteiger partial charge on any atom is -0.497 e. The van der Waals surface area contributed by atoms with E-state index in [0.717, 1.165) is 28.0 Å². The zero-order chi connectivity index (χ0) is 22.9. The third-order valence-corrected chi connectivity index (χ3v) is 5.13. The lowest BCUT2D eigenvalue weighted by Crippen LogP contribution is -2.45. The average molecular weight is 429 g/mol. The van der Waals surface area contributed by atoms with Crippen LogP contribution in [0.3, 0.4) is 0 Å². The van der Waals surface area contributed by atoms with Crippen LogP contribution in [0.25, 0.3) is 6.08 Å².